The van der Waals surface area contributed by atoms with E-state index < -0.39 is 144 Å². The summed E-state index contributed by atoms with van der Waals surface area (Å²) in [5.41, 5.74) is -3.68. The molecule has 5 aliphatic carbocycles. The minimum atomic E-state index is -1.69. The Morgan fingerprint density at radius 3 is 1.39 bits per heavy atom. The Balaban J connectivity index is 1.09. The van der Waals surface area contributed by atoms with Gasteiger partial charge in [-0.3, -0.25) is 0 Å². The maximum Gasteiger partial charge on any atom is 0.186 e. The fourth-order valence-electron chi connectivity index (χ4n) is 17.1. The van der Waals surface area contributed by atoms with E-state index in [0.717, 1.165) is 25.7 Å². The van der Waals surface area contributed by atoms with Gasteiger partial charge in [-0.25, -0.2) is 0 Å². The topological polar surface area (TPSA) is 317 Å². The molecule has 28 atom stereocenters. The van der Waals surface area contributed by atoms with E-state index in [0.29, 0.717) is 25.7 Å². The molecule has 4 aliphatic heterocycles. The molecule has 9 rings (SSSR count). The van der Waals surface area contributed by atoms with E-state index in [1.54, 1.807) is 0 Å². The summed E-state index contributed by atoms with van der Waals surface area (Å²) in [4.78, 5) is 0. The number of aliphatic hydroxyl groups is 12. The molecule has 0 amide bonds. The molecule has 0 radical (unpaired) electrons. The molecule has 9 fully saturated rings. The Labute approximate surface area is 410 Å². The van der Waals surface area contributed by atoms with Gasteiger partial charge in [-0.1, -0.05) is 41.5 Å². The fraction of sp³-hybridized carbons (Fsp3) is 1.00. The maximum absolute atomic E-state index is 12.1. The lowest BCUT2D eigenvalue weighted by Gasteiger charge is -2.75. The van der Waals surface area contributed by atoms with Gasteiger partial charge in [0, 0.05) is 0 Å². The van der Waals surface area contributed by atoms with Gasteiger partial charge >= 0.3 is 0 Å². The number of rotatable bonds is 9. The van der Waals surface area contributed by atoms with Gasteiger partial charge in [0.05, 0.1) is 50.3 Å². The standard InChI is InChI=1S/C50H84O20/c1-45(2)30(69-42-36(59)33(56)23(52)18-64-42)12-14-48(6)29-10-9-28-47(5)13-11-21(46(3,4)62)31(47)26(67-41-35(58)32(55)22(51)17-63-41)15-49(28,7)50(29,8)16-27(40(45)48)68-44-38(61)39(25(54)20-66-44)70-43-37(60)34(57)24(53)19-65-43/h21-44,51-62H,9-20H2,1-8H3. The zero-order valence-electron chi connectivity index (χ0n) is 42.0. The summed E-state index contributed by atoms with van der Waals surface area (Å²) in [5.74, 6) is -0.433. The molecule has 0 aromatic heterocycles. The lowest BCUT2D eigenvalue weighted by Crippen LogP contribution is -2.72. The summed E-state index contributed by atoms with van der Waals surface area (Å²) in [6.07, 6.45) is -19.3. The van der Waals surface area contributed by atoms with E-state index in [9.17, 15) is 61.3 Å². The molecule has 20 nitrogen and oxygen atoms in total. The van der Waals surface area contributed by atoms with Crippen molar-refractivity contribution in [3.05, 3.63) is 0 Å². The second-order valence-electron chi connectivity index (χ2n) is 25.2. The van der Waals surface area contributed by atoms with Gasteiger partial charge in [0.1, 0.15) is 73.2 Å². The molecule has 0 bridgehead atoms. The molecule has 0 aromatic carbocycles. The predicted molar refractivity (Wildman–Crippen MR) is 241 cm³/mol. The highest BCUT2D eigenvalue weighted by Gasteiger charge is 2.75. The third kappa shape index (κ3) is 8.59. The normalized spacial score (nSPS) is 57.1. The van der Waals surface area contributed by atoms with E-state index in [1.807, 2.05) is 13.8 Å². The highest BCUT2D eigenvalue weighted by Crippen LogP contribution is 2.79. The first-order chi connectivity index (χ1) is 32.6. The Morgan fingerprint density at radius 2 is 0.871 bits per heavy atom. The van der Waals surface area contributed by atoms with Crippen LogP contribution in [0.15, 0.2) is 0 Å². The van der Waals surface area contributed by atoms with E-state index in [4.69, 9.17) is 37.9 Å². The van der Waals surface area contributed by atoms with Gasteiger partial charge in [0.15, 0.2) is 25.2 Å². The van der Waals surface area contributed by atoms with Crippen molar-refractivity contribution in [2.45, 2.75) is 229 Å². The van der Waals surface area contributed by atoms with Crippen LogP contribution in [0.2, 0.25) is 0 Å². The van der Waals surface area contributed by atoms with Crippen molar-refractivity contribution in [1.82, 2.24) is 0 Å². The average Bonchev–Trinajstić information content (AvgIpc) is 3.66. The molecule has 4 saturated heterocycles. The Kier molecular flexibility index (Phi) is 14.7. The van der Waals surface area contributed by atoms with Crippen LogP contribution in [0.3, 0.4) is 0 Å². The van der Waals surface area contributed by atoms with Gasteiger partial charge in [-0.2, -0.15) is 0 Å². The van der Waals surface area contributed by atoms with E-state index in [-0.39, 0.29) is 61.4 Å². The first kappa shape index (κ1) is 54.0. The van der Waals surface area contributed by atoms with Crippen molar-refractivity contribution in [2.24, 2.45) is 56.7 Å². The lowest BCUT2D eigenvalue weighted by atomic mass is 9.31. The van der Waals surface area contributed by atoms with Gasteiger partial charge in [0.25, 0.3) is 0 Å². The van der Waals surface area contributed by atoms with Crippen LogP contribution in [-0.4, -0.2) is 210 Å². The van der Waals surface area contributed by atoms with Crippen molar-refractivity contribution in [3.8, 4) is 0 Å². The zero-order valence-corrected chi connectivity index (χ0v) is 42.0. The van der Waals surface area contributed by atoms with Gasteiger partial charge in [0.2, 0.25) is 0 Å². The Bertz CT molecular complexity index is 1840. The summed E-state index contributed by atoms with van der Waals surface area (Å²) >= 11 is 0. The third-order valence-corrected chi connectivity index (χ3v) is 20.6. The summed E-state index contributed by atoms with van der Waals surface area (Å²) in [7, 11) is 0. The first-order valence-electron chi connectivity index (χ1n) is 25.9. The number of ether oxygens (including phenoxy) is 8. The summed E-state index contributed by atoms with van der Waals surface area (Å²) in [6.45, 7) is 16.0. The SMILES string of the molecule is CC(C)(O)C1CCC2(C)C1C(OC1OCC(O)C(O)C1O)CC1(C)C2CCC2C3(C)CCC(OC4OCC(O)C(O)C4O)C(C)(C)C3C(OC3OCC(O)C(OC4OCC(O)C(O)C4O)C3O)CC21C. The van der Waals surface area contributed by atoms with Crippen LogP contribution in [0, 0.1) is 56.7 Å². The van der Waals surface area contributed by atoms with E-state index >= 15 is 0 Å². The molecule has 28 unspecified atom stereocenters. The van der Waals surface area contributed by atoms with Crippen LogP contribution in [0.4, 0.5) is 0 Å². The molecule has 20 heteroatoms. The first-order valence-corrected chi connectivity index (χ1v) is 25.9. The van der Waals surface area contributed by atoms with E-state index in [2.05, 4.69) is 41.5 Å². The van der Waals surface area contributed by atoms with Crippen molar-refractivity contribution in [2.75, 3.05) is 26.4 Å². The number of hydrogen-bond donors (Lipinski definition) is 12. The van der Waals surface area contributed by atoms with Crippen LogP contribution in [0.25, 0.3) is 0 Å². The summed E-state index contributed by atoms with van der Waals surface area (Å²) < 4.78 is 50.1. The van der Waals surface area contributed by atoms with Gasteiger partial charge in [-0.05, 0) is 122 Å². The molecule has 0 spiro atoms. The molecule has 4 heterocycles. The van der Waals surface area contributed by atoms with Gasteiger partial charge < -0.3 is 99.2 Å². The zero-order chi connectivity index (χ0) is 51.0. The number of fused-ring (bicyclic) bond motifs is 7. The van der Waals surface area contributed by atoms with Crippen molar-refractivity contribution >= 4 is 0 Å². The Morgan fingerprint density at radius 1 is 0.457 bits per heavy atom. The summed E-state index contributed by atoms with van der Waals surface area (Å²) in [6, 6.07) is 0. The quantitative estimate of drug-likeness (QED) is 0.124. The molecule has 12 N–H and O–H groups in total. The minimum Gasteiger partial charge on any atom is -0.390 e. The molecule has 404 valence electrons. The van der Waals surface area contributed by atoms with Crippen LogP contribution >= 0.6 is 0 Å². The molecular formula is C50H84O20. The number of hydrogen-bond acceptors (Lipinski definition) is 20. The van der Waals surface area contributed by atoms with E-state index in [1.165, 1.54) is 0 Å². The highest BCUT2D eigenvalue weighted by atomic mass is 16.7. The second-order valence-corrected chi connectivity index (χ2v) is 25.2. The molecule has 9 aliphatic rings. The lowest BCUT2D eigenvalue weighted by molar-refractivity contribution is -0.364. The van der Waals surface area contributed by atoms with Crippen molar-refractivity contribution < 1.29 is 99.2 Å². The van der Waals surface area contributed by atoms with Crippen LogP contribution in [0.5, 0.6) is 0 Å². The molecule has 0 aromatic rings. The summed E-state index contributed by atoms with van der Waals surface area (Å²) in [5, 5.41) is 131. The molecular weight excluding hydrogens is 921 g/mol. The average molecular weight is 1010 g/mol. The van der Waals surface area contributed by atoms with Crippen LogP contribution in [0.1, 0.15) is 107 Å². The van der Waals surface area contributed by atoms with Crippen LogP contribution < -0.4 is 0 Å². The minimum absolute atomic E-state index is 0.0717. The van der Waals surface area contributed by atoms with Crippen molar-refractivity contribution in [3.63, 3.8) is 0 Å². The Hall–Kier alpha value is -0.800. The highest BCUT2D eigenvalue weighted by molar-refractivity contribution is 5.23. The molecule has 5 saturated carbocycles. The van der Waals surface area contributed by atoms with Crippen molar-refractivity contribution in [1.29, 1.82) is 0 Å². The number of aliphatic hydroxyl groups excluding tert-OH is 11. The fourth-order valence-corrected chi connectivity index (χ4v) is 17.1. The van der Waals surface area contributed by atoms with Crippen LogP contribution in [-0.2, 0) is 37.9 Å². The smallest absolute Gasteiger partial charge is 0.186 e. The largest absolute Gasteiger partial charge is 0.390 e. The maximum atomic E-state index is 12.1. The third-order valence-electron chi connectivity index (χ3n) is 20.6. The molecule has 70 heavy (non-hydrogen) atoms. The monoisotopic (exact) mass is 1000 g/mol. The van der Waals surface area contributed by atoms with Gasteiger partial charge in [-0.15, -0.1) is 0 Å². The second kappa shape index (κ2) is 19.0. The predicted octanol–water partition coefficient (Wildman–Crippen LogP) is -0.986.